The number of thiazole rings is 1. The largest absolute Gasteiger partial charge is 0.350 e. The Kier molecular flexibility index (Phi) is 4.63. The first-order valence-electron chi connectivity index (χ1n) is 6.26. The van der Waals surface area contributed by atoms with Crippen LogP contribution in [-0.2, 0) is 17.8 Å². The molecule has 0 aliphatic rings. The lowest BCUT2D eigenvalue weighted by Crippen LogP contribution is -2.25. The molecule has 2 aromatic heterocycles. The molecule has 0 unspecified atom stereocenters. The molecule has 0 bridgehead atoms. The van der Waals surface area contributed by atoms with Crippen molar-refractivity contribution in [1.82, 2.24) is 15.3 Å². The van der Waals surface area contributed by atoms with Gasteiger partial charge in [0.25, 0.3) is 0 Å². The Hall–Kier alpha value is -1.75. The smallest absolute Gasteiger partial charge is 0.226 e. The molecule has 0 aliphatic carbocycles. The lowest BCUT2D eigenvalue weighted by atomic mass is 10.2. The van der Waals surface area contributed by atoms with Gasteiger partial charge in [0, 0.05) is 17.5 Å². The first-order chi connectivity index (χ1) is 9.15. The minimum atomic E-state index is -0.0220. The second kappa shape index (κ2) is 6.43. The molecule has 2 heterocycles. The topological polar surface area (TPSA) is 54.9 Å². The second-order valence-electron chi connectivity index (χ2n) is 4.61. The van der Waals surface area contributed by atoms with Crippen LogP contribution < -0.4 is 5.32 Å². The maximum atomic E-state index is 11.8. The average molecular weight is 275 g/mol. The zero-order chi connectivity index (χ0) is 13.7. The van der Waals surface area contributed by atoms with E-state index in [-0.39, 0.29) is 5.91 Å². The maximum Gasteiger partial charge on any atom is 0.226 e. The number of rotatable bonds is 5. The van der Waals surface area contributed by atoms with Gasteiger partial charge in [0.1, 0.15) is 0 Å². The van der Waals surface area contributed by atoms with Crippen molar-refractivity contribution in [3.63, 3.8) is 0 Å². The molecule has 0 aliphatic heterocycles. The minimum Gasteiger partial charge on any atom is -0.350 e. The van der Waals surface area contributed by atoms with Gasteiger partial charge in [-0.3, -0.25) is 9.78 Å². The Bertz CT molecular complexity index is 537. The molecule has 100 valence electrons. The van der Waals surface area contributed by atoms with Crippen LogP contribution in [0.15, 0.2) is 29.8 Å². The van der Waals surface area contributed by atoms with Crippen molar-refractivity contribution in [2.75, 3.05) is 0 Å². The number of hydrogen-bond donors (Lipinski definition) is 1. The van der Waals surface area contributed by atoms with Crippen molar-refractivity contribution >= 4 is 17.2 Å². The van der Waals surface area contributed by atoms with Gasteiger partial charge in [0.15, 0.2) is 0 Å². The summed E-state index contributed by atoms with van der Waals surface area (Å²) in [6, 6.07) is 5.65. The van der Waals surface area contributed by atoms with E-state index in [9.17, 15) is 4.79 Å². The highest BCUT2D eigenvalue weighted by molar-refractivity contribution is 7.09. The van der Waals surface area contributed by atoms with Crippen LogP contribution in [0.1, 0.15) is 36.2 Å². The standard InChI is InChI=1S/C14H17N3OS/c1-10(2)14-17-12(9-19-14)7-13(18)16-8-11-5-3-4-6-15-11/h3-6,9-10H,7-8H2,1-2H3,(H,16,18). The molecule has 0 spiro atoms. The predicted molar refractivity (Wildman–Crippen MR) is 76.0 cm³/mol. The summed E-state index contributed by atoms with van der Waals surface area (Å²) in [5.41, 5.74) is 1.70. The minimum absolute atomic E-state index is 0.0220. The van der Waals surface area contributed by atoms with Gasteiger partial charge in [0.05, 0.1) is 29.4 Å². The highest BCUT2D eigenvalue weighted by atomic mass is 32.1. The highest BCUT2D eigenvalue weighted by Gasteiger charge is 2.09. The fraction of sp³-hybridized carbons (Fsp3) is 0.357. The van der Waals surface area contributed by atoms with Gasteiger partial charge in [-0.2, -0.15) is 0 Å². The first kappa shape index (κ1) is 13.7. The van der Waals surface area contributed by atoms with Crippen LogP contribution in [0, 0.1) is 0 Å². The zero-order valence-corrected chi connectivity index (χ0v) is 11.9. The lowest BCUT2D eigenvalue weighted by Gasteiger charge is -2.03. The van der Waals surface area contributed by atoms with Gasteiger partial charge in [-0.1, -0.05) is 19.9 Å². The molecular formula is C14H17N3OS. The summed E-state index contributed by atoms with van der Waals surface area (Å²) in [6.07, 6.45) is 2.05. The third-order valence-electron chi connectivity index (χ3n) is 2.60. The second-order valence-corrected chi connectivity index (χ2v) is 5.50. The molecule has 0 saturated heterocycles. The van der Waals surface area contributed by atoms with Crippen molar-refractivity contribution in [3.05, 3.63) is 46.2 Å². The fourth-order valence-corrected chi connectivity index (χ4v) is 2.42. The molecule has 2 aromatic rings. The molecule has 0 atom stereocenters. The summed E-state index contributed by atoms with van der Waals surface area (Å²) in [4.78, 5) is 20.4. The number of amides is 1. The van der Waals surface area contributed by atoms with E-state index >= 15 is 0 Å². The predicted octanol–water partition coefficient (Wildman–Crippen LogP) is 2.52. The summed E-state index contributed by atoms with van der Waals surface area (Å²) in [5, 5.41) is 5.88. The summed E-state index contributed by atoms with van der Waals surface area (Å²) < 4.78 is 0. The molecule has 1 amide bonds. The van der Waals surface area contributed by atoms with E-state index < -0.39 is 0 Å². The third kappa shape index (κ3) is 4.13. The number of aromatic nitrogens is 2. The van der Waals surface area contributed by atoms with Crippen LogP contribution >= 0.6 is 11.3 Å². The Morgan fingerprint density at radius 3 is 2.84 bits per heavy atom. The fourth-order valence-electron chi connectivity index (χ4n) is 1.59. The van der Waals surface area contributed by atoms with Crippen molar-refractivity contribution in [2.24, 2.45) is 0 Å². The van der Waals surface area contributed by atoms with Crippen LogP contribution in [0.4, 0.5) is 0 Å². The molecule has 0 radical (unpaired) electrons. The van der Waals surface area contributed by atoms with Gasteiger partial charge in [0.2, 0.25) is 5.91 Å². The van der Waals surface area contributed by atoms with Gasteiger partial charge in [-0.25, -0.2) is 4.98 Å². The van der Waals surface area contributed by atoms with Crippen molar-refractivity contribution in [2.45, 2.75) is 32.7 Å². The summed E-state index contributed by atoms with van der Waals surface area (Å²) in [5.74, 6) is 0.390. The van der Waals surface area contributed by atoms with E-state index in [0.717, 1.165) is 16.4 Å². The molecule has 19 heavy (non-hydrogen) atoms. The van der Waals surface area contributed by atoms with Gasteiger partial charge in [-0.15, -0.1) is 11.3 Å². The van der Waals surface area contributed by atoms with Crippen LogP contribution in [0.2, 0.25) is 0 Å². The van der Waals surface area contributed by atoms with E-state index in [0.29, 0.717) is 18.9 Å². The quantitative estimate of drug-likeness (QED) is 0.912. The number of carbonyl (C=O) groups is 1. The zero-order valence-electron chi connectivity index (χ0n) is 11.1. The summed E-state index contributed by atoms with van der Waals surface area (Å²) in [6.45, 7) is 4.66. The molecule has 2 rings (SSSR count). The van der Waals surface area contributed by atoms with E-state index in [1.54, 1.807) is 17.5 Å². The Balaban J connectivity index is 1.84. The first-order valence-corrected chi connectivity index (χ1v) is 7.14. The van der Waals surface area contributed by atoms with Crippen LogP contribution in [-0.4, -0.2) is 15.9 Å². The normalized spacial score (nSPS) is 10.7. The van der Waals surface area contributed by atoms with Crippen LogP contribution in [0.3, 0.4) is 0 Å². The molecular weight excluding hydrogens is 258 g/mol. The summed E-state index contributed by atoms with van der Waals surface area (Å²) in [7, 11) is 0. The third-order valence-corrected chi connectivity index (χ3v) is 3.79. The highest BCUT2D eigenvalue weighted by Crippen LogP contribution is 2.19. The van der Waals surface area contributed by atoms with Crippen molar-refractivity contribution < 1.29 is 4.79 Å². The molecule has 0 saturated carbocycles. The van der Waals surface area contributed by atoms with Crippen LogP contribution in [0.5, 0.6) is 0 Å². The molecule has 4 nitrogen and oxygen atoms in total. The Labute approximate surface area is 116 Å². The Morgan fingerprint density at radius 2 is 2.21 bits per heavy atom. The molecule has 5 heteroatoms. The molecule has 1 N–H and O–H groups in total. The van der Waals surface area contributed by atoms with Gasteiger partial charge >= 0.3 is 0 Å². The number of pyridine rings is 1. The Morgan fingerprint density at radius 1 is 1.37 bits per heavy atom. The number of carbonyl (C=O) groups excluding carboxylic acids is 1. The lowest BCUT2D eigenvalue weighted by molar-refractivity contribution is -0.120. The number of nitrogens with zero attached hydrogens (tertiary/aromatic N) is 2. The van der Waals surface area contributed by atoms with E-state index in [1.165, 1.54) is 0 Å². The van der Waals surface area contributed by atoms with E-state index in [4.69, 9.17) is 0 Å². The molecule has 0 fully saturated rings. The van der Waals surface area contributed by atoms with E-state index in [1.807, 2.05) is 23.6 Å². The van der Waals surface area contributed by atoms with Crippen molar-refractivity contribution in [1.29, 1.82) is 0 Å². The molecule has 0 aromatic carbocycles. The van der Waals surface area contributed by atoms with Crippen LogP contribution in [0.25, 0.3) is 0 Å². The van der Waals surface area contributed by atoms with E-state index in [2.05, 4.69) is 29.1 Å². The summed E-state index contributed by atoms with van der Waals surface area (Å²) >= 11 is 1.61. The van der Waals surface area contributed by atoms with Gasteiger partial charge < -0.3 is 5.32 Å². The monoisotopic (exact) mass is 275 g/mol. The average Bonchev–Trinajstić information content (AvgIpc) is 2.86. The van der Waals surface area contributed by atoms with Gasteiger partial charge in [-0.05, 0) is 12.1 Å². The maximum absolute atomic E-state index is 11.8. The number of hydrogen-bond acceptors (Lipinski definition) is 4. The SMILES string of the molecule is CC(C)c1nc(CC(=O)NCc2ccccn2)cs1. The van der Waals surface area contributed by atoms with Crippen molar-refractivity contribution in [3.8, 4) is 0 Å². The number of nitrogens with one attached hydrogen (secondary N) is 1.